The van der Waals surface area contributed by atoms with E-state index in [4.69, 9.17) is 14.4 Å². The maximum absolute atomic E-state index is 12.4. The SMILES string of the molecule is CCc1cc(=O)oc2cc(O[C@@H](C)C(=O)Nc3ccccc3C#N)ccc12. The van der Waals surface area contributed by atoms with Crippen LogP contribution in [0.3, 0.4) is 0 Å². The number of hydrogen-bond donors (Lipinski definition) is 1. The molecule has 0 aliphatic rings. The van der Waals surface area contributed by atoms with E-state index in [9.17, 15) is 9.59 Å². The molecule has 0 fully saturated rings. The van der Waals surface area contributed by atoms with Crippen molar-refractivity contribution in [2.75, 3.05) is 5.32 Å². The molecule has 1 aromatic heterocycles. The predicted octanol–water partition coefficient (Wildman–Crippen LogP) is 3.63. The minimum atomic E-state index is -0.810. The van der Waals surface area contributed by atoms with Gasteiger partial charge in [0.25, 0.3) is 5.91 Å². The van der Waals surface area contributed by atoms with Crippen molar-refractivity contribution in [2.24, 2.45) is 0 Å². The number of hydrogen-bond acceptors (Lipinski definition) is 5. The molecule has 27 heavy (non-hydrogen) atoms. The number of nitrogens with one attached hydrogen (secondary N) is 1. The molecule has 0 spiro atoms. The number of aryl methyl sites for hydroxylation is 1. The van der Waals surface area contributed by atoms with Crippen LogP contribution in [0, 0.1) is 11.3 Å². The van der Waals surface area contributed by atoms with Gasteiger partial charge in [-0.15, -0.1) is 0 Å². The van der Waals surface area contributed by atoms with Crippen LogP contribution >= 0.6 is 0 Å². The largest absolute Gasteiger partial charge is 0.481 e. The maximum Gasteiger partial charge on any atom is 0.336 e. The number of anilines is 1. The zero-order chi connectivity index (χ0) is 19.4. The Morgan fingerprint density at radius 3 is 2.78 bits per heavy atom. The number of nitrogens with zero attached hydrogens (tertiary/aromatic N) is 1. The average molecular weight is 362 g/mol. The Kier molecular flexibility index (Phi) is 5.23. The first-order valence-corrected chi connectivity index (χ1v) is 8.55. The number of fused-ring (bicyclic) bond motifs is 1. The molecule has 0 aliphatic carbocycles. The fourth-order valence-corrected chi connectivity index (χ4v) is 2.76. The Labute approximate surface area is 156 Å². The van der Waals surface area contributed by atoms with Crippen molar-refractivity contribution < 1.29 is 13.9 Å². The van der Waals surface area contributed by atoms with Crippen LogP contribution < -0.4 is 15.7 Å². The Balaban J connectivity index is 1.79. The van der Waals surface area contributed by atoms with Gasteiger partial charge in [-0.25, -0.2) is 4.79 Å². The molecule has 3 rings (SSSR count). The quantitative estimate of drug-likeness (QED) is 0.700. The number of carbonyl (C=O) groups is 1. The molecule has 0 saturated heterocycles. The third-order valence-electron chi connectivity index (χ3n) is 4.17. The third kappa shape index (κ3) is 3.98. The second kappa shape index (κ2) is 7.75. The zero-order valence-corrected chi connectivity index (χ0v) is 15.0. The molecule has 1 amide bonds. The highest BCUT2D eigenvalue weighted by molar-refractivity contribution is 5.95. The van der Waals surface area contributed by atoms with Crippen molar-refractivity contribution in [3.05, 3.63) is 70.1 Å². The molecule has 1 N–H and O–H groups in total. The minimum Gasteiger partial charge on any atom is -0.481 e. The summed E-state index contributed by atoms with van der Waals surface area (Å²) >= 11 is 0. The molecule has 6 nitrogen and oxygen atoms in total. The van der Waals surface area contributed by atoms with Crippen LogP contribution in [-0.4, -0.2) is 12.0 Å². The number of ether oxygens (including phenoxy) is 1. The molecule has 0 radical (unpaired) electrons. The van der Waals surface area contributed by atoms with Crippen molar-refractivity contribution in [3.8, 4) is 11.8 Å². The number of carbonyl (C=O) groups excluding carboxylic acids is 1. The maximum atomic E-state index is 12.4. The number of benzene rings is 2. The van der Waals surface area contributed by atoms with Gasteiger partial charge in [0.15, 0.2) is 6.10 Å². The van der Waals surface area contributed by atoms with Gasteiger partial charge in [0.05, 0.1) is 11.3 Å². The molecule has 0 aliphatic heterocycles. The summed E-state index contributed by atoms with van der Waals surface area (Å²) in [5.74, 6) is 0.0247. The Morgan fingerprint density at radius 1 is 1.26 bits per heavy atom. The Morgan fingerprint density at radius 2 is 2.04 bits per heavy atom. The second-order valence-corrected chi connectivity index (χ2v) is 6.01. The molecule has 0 bridgehead atoms. The van der Waals surface area contributed by atoms with Gasteiger partial charge in [-0.3, -0.25) is 4.79 Å². The molecule has 136 valence electrons. The lowest BCUT2D eigenvalue weighted by Gasteiger charge is -2.15. The van der Waals surface area contributed by atoms with E-state index in [1.54, 1.807) is 43.3 Å². The zero-order valence-electron chi connectivity index (χ0n) is 15.0. The van der Waals surface area contributed by atoms with Gasteiger partial charge in [0.2, 0.25) is 0 Å². The van der Waals surface area contributed by atoms with Crippen LogP contribution in [0.5, 0.6) is 5.75 Å². The van der Waals surface area contributed by atoms with Gasteiger partial charge in [0, 0.05) is 17.5 Å². The van der Waals surface area contributed by atoms with Crippen LogP contribution in [-0.2, 0) is 11.2 Å². The molecule has 2 aromatic carbocycles. The number of nitriles is 1. The summed E-state index contributed by atoms with van der Waals surface area (Å²) in [7, 11) is 0. The Hall–Kier alpha value is -3.59. The highest BCUT2D eigenvalue weighted by atomic mass is 16.5. The van der Waals surface area contributed by atoms with Crippen molar-refractivity contribution >= 4 is 22.6 Å². The summed E-state index contributed by atoms with van der Waals surface area (Å²) in [6.45, 7) is 3.57. The van der Waals surface area contributed by atoms with Crippen LogP contribution in [0.1, 0.15) is 25.0 Å². The van der Waals surface area contributed by atoms with Gasteiger partial charge in [0.1, 0.15) is 17.4 Å². The lowest BCUT2D eigenvalue weighted by Crippen LogP contribution is -2.30. The molecular formula is C21H18N2O4. The van der Waals surface area contributed by atoms with E-state index in [0.717, 1.165) is 10.9 Å². The molecular weight excluding hydrogens is 344 g/mol. The first kappa shape index (κ1) is 18.2. The fourth-order valence-electron chi connectivity index (χ4n) is 2.76. The molecule has 0 unspecified atom stereocenters. The van der Waals surface area contributed by atoms with E-state index >= 15 is 0 Å². The van der Waals surface area contributed by atoms with Crippen molar-refractivity contribution in [1.29, 1.82) is 5.26 Å². The van der Waals surface area contributed by atoms with E-state index in [2.05, 4.69) is 5.32 Å². The van der Waals surface area contributed by atoms with E-state index in [0.29, 0.717) is 29.0 Å². The smallest absolute Gasteiger partial charge is 0.336 e. The number of para-hydroxylation sites is 1. The lowest BCUT2D eigenvalue weighted by molar-refractivity contribution is -0.122. The molecule has 3 aromatic rings. The first-order chi connectivity index (χ1) is 13.0. The van der Waals surface area contributed by atoms with Gasteiger partial charge >= 0.3 is 5.63 Å². The normalized spacial score (nSPS) is 11.6. The van der Waals surface area contributed by atoms with Gasteiger partial charge in [-0.05, 0) is 43.2 Å². The lowest BCUT2D eigenvalue weighted by atomic mass is 10.1. The monoisotopic (exact) mass is 362 g/mol. The van der Waals surface area contributed by atoms with Crippen LogP contribution in [0.2, 0.25) is 0 Å². The first-order valence-electron chi connectivity index (χ1n) is 8.55. The highest BCUT2D eigenvalue weighted by Crippen LogP contribution is 2.24. The predicted molar refractivity (Wildman–Crippen MR) is 102 cm³/mol. The fraction of sp³-hybridized carbons (Fsp3) is 0.190. The van der Waals surface area contributed by atoms with Crippen LogP contribution in [0.15, 0.2) is 57.7 Å². The number of amides is 1. The van der Waals surface area contributed by atoms with Gasteiger partial charge in [-0.1, -0.05) is 19.1 Å². The summed E-state index contributed by atoms with van der Waals surface area (Å²) < 4.78 is 10.9. The summed E-state index contributed by atoms with van der Waals surface area (Å²) in [6.07, 6.45) is -0.102. The molecule has 0 saturated carbocycles. The van der Waals surface area contributed by atoms with Crippen LogP contribution in [0.25, 0.3) is 11.0 Å². The highest BCUT2D eigenvalue weighted by Gasteiger charge is 2.17. The van der Waals surface area contributed by atoms with Crippen molar-refractivity contribution in [1.82, 2.24) is 0 Å². The third-order valence-corrected chi connectivity index (χ3v) is 4.17. The van der Waals surface area contributed by atoms with E-state index < -0.39 is 11.7 Å². The van der Waals surface area contributed by atoms with Gasteiger partial charge in [-0.2, -0.15) is 5.26 Å². The average Bonchev–Trinajstić information content (AvgIpc) is 2.67. The molecule has 6 heteroatoms. The standard InChI is InChI=1S/C21H18N2O4/c1-3-14-10-20(24)27-19-11-16(8-9-17(14)19)26-13(2)21(25)23-18-7-5-4-6-15(18)12-22/h4-11,13H,3H2,1-2H3,(H,23,25)/t13-/m0/s1. The summed E-state index contributed by atoms with van der Waals surface area (Å²) in [6, 6.07) is 15.4. The summed E-state index contributed by atoms with van der Waals surface area (Å²) in [5.41, 5.74) is 1.69. The molecule has 1 atom stereocenters. The second-order valence-electron chi connectivity index (χ2n) is 6.01. The van der Waals surface area contributed by atoms with E-state index in [1.165, 1.54) is 6.07 Å². The summed E-state index contributed by atoms with van der Waals surface area (Å²) in [4.78, 5) is 24.1. The van der Waals surface area contributed by atoms with E-state index in [1.807, 2.05) is 19.1 Å². The number of rotatable bonds is 5. The van der Waals surface area contributed by atoms with Crippen molar-refractivity contribution in [3.63, 3.8) is 0 Å². The van der Waals surface area contributed by atoms with Gasteiger partial charge < -0.3 is 14.5 Å². The minimum absolute atomic E-state index is 0.373. The van der Waals surface area contributed by atoms with E-state index in [-0.39, 0.29) is 5.91 Å². The molecule has 1 heterocycles. The van der Waals surface area contributed by atoms with Crippen molar-refractivity contribution in [2.45, 2.75) is 26.4 Å². The Bertz CT molecular complexity index is 1100. The topological polar surface area (TPSA) is 92.3 Å². The summed E-state index contributed by atoms with van der Waals surface area (Å²) in [5, 5.41) is 12.6. The van der Waals surface area contributed by atoms with Crippen LogP contribution in [0.4, 0.5) is 5.69 Å².